The van der Waals surface area contributed by atoms with Gasteiger partial charge in [-0.2, -0.15) is 0 Å². The molecule has 2 atom stereocenters. The van der Waals surface area contributed by atoms with E-state index >= 15 is 0 Å². The summed E-state index contributed by atoms with van der Waals surface area (Å²) in [7, 11) is 0. The first-order valence-corrected chi connectivity index (χ1v) is 8.71. The SMILES string of the molecule is CC(C)=CC1C(C(=O)NCc2ccc(C(=O)NCC(N)=O)cc2)C1(C)C. The van der Waals surface area contributed by atoms with Crippen LogP contribution in [0.5, 0.6) is 0 Å². The monoisotopic (exact) mass is 357 g/mol. The van der Waals surface area contributed by atoms with Gasteiger partial charge in [-0.05, 0) is 42.9 Å². The number of nitrogens with one attached hydrogen (secondary N) is 2. The third-order valence-electron chi connectivity index (χ3n) is 4.81. The largest absolute Gasteiger partial charge is 0.368 e. The Bertz CT molecular complexity index is 731. The third kappa shape index (κ3) is 4.71. The molecule has 1 aromatic rings. The molecule has 0 saturated heterocycles. The highest BCUT2D eigenvalue weighted by Crippen LogP contribution is 2.59. The molecule has 1 aliphatic carbocycles. The number of amides is 3. The molecule has 2 unspecified atom stereocenters. The molecule has 0 aliphatic heterocycles. The van der Waals surface area contributed by atoms with Crippen LogP contribution in [0.2, 0.25) is 0 Å². The molecule has 1 fully saturated rings. The van der Waals surface area contributed by atoms with Crippen LogP contribution in [0.4, 0.5) is 0 Å². The van der Waals surface area contributed by atoms with Gasteiger partial charge in [0.25, 0.3) is 5.91 Å². The normalized spacial score (nSPS) is 20.0. The van der Waals surface area contributed by atoms with Crippen LogP contribution in [0.3, 0.4) is 0 Å². The quantitative estimate of drug-likeness (QED) is 0.648. The molecule has 0 heterocycles. The molecule has 4 N–H and O–H groups in total. The van der Waals surface area contributed by atoms with Crippen molar-refractivity contribution < 1.29 is 14.4 Å². The number of hydrogen-bond acceptors (Lipinski definition) is 3. The smallest absolute Gasteiger partial charge is 0.251 e. The zero-order valence-electron chi connectivity index (χ0n) is 15.8. The van der Waals surface area contributed by atoms with Gasteiger partial charge in [-0.1, -0.05) is 37.6 Å². The van der Waals surface area contributed by atoms with Gasteiger partial charge in [0.05, 0.1) is 12.5 Å². The lowest BCUT2D eigenvalue weighted by Gasteiger charge is -2.08. The predicted octanol–water partition coefficient (Wildman–Crippen LogP) is 1.76. The molecule has 26 heavy (non-hydrogen) atoms. The number of allylic oxidation sites excluding steroid dienone is 2. The molecule has 2 rings (SSSR count). The van der Waals surface area contributed by atoms with Gasteiger partial charge < -0.3 is 16.4 Å². The summed E-state index contributed by atoms with van der Waals surface area (Å²) in [5.74, 6) is -0.614. The fourth-order valence-electron chi connectivity index (χ4n) is 3.19. The minimum absolute atomic E-state index is 0.00347. The summed E-state index contributed by atoms with van der Waals surface area (Å²) in [4.78, 5) is 35.0. The van der Waals surface area contributed by atoms with Crippen LogP contribution in [0.1, 0.15) is 43.6 Å². The first-order valence-electron chi connectivity index (χ1n) is 8.71. The van der Waals surface area contributed by atoms with Gasteiger partial charge in [0, 0.05) is 12.1 Å². The minimum Gasteiger partial charge on any atom is -0.368 e. The van der Waals surface area contributed by atoms with Crippen molar-refractivity contribution in [1.29, 1.82) is 0 Å². The Morgan fingerprint density at radius 3 is 2.27 bits per heavy atom. The summed E-state index contributed by atoms with van der Waals surface area (Å²) in [5.41, 5.74) is 7.56. The minimum atomic E-state index is -0.591. The Hall–Kier alpha value is -2.63. The molecule has 0 radical (unpaired) electrons. The van der Waals surface area contributed by atoms with Crippen LogP contribution in [0.25, 0.3) is 0 Å². The molecule has 1 aliphatic rings. The van der Waals surface area contributed by atoms with Crippen molar-refractivity contribution in [1.82, 2.24) is 10.6 Å². The first-order chi connectivity index (χ1) is 12.1. The average Bonchev–Trinajstić information content (AvgIpc) is 3.10. The number of nitrogens with two attached hydrogens (primary N) is 1. The lowest BCUT2D eigenvalue weighted by Crippen LogP contribution is -2.33. The maximum Gasteiger partial charge on any atom is 0.251 e. The zero-order valence-corrected chi connectivity index (χ0v) is 15.8. The standard InChI is InChI=1S/C20H27N3O3/c1-12(2)9-15-17(20(15,3)4)19(26)22-10-13-5-7-14(8-6-13)18(25)23-11-16(21)24/h5-9,15,17H,10-11H2,1-4H3,(H2,21,24)(H,22,26)(H,23,25). The molecule has 0 spiro atoms. The highest BCUT2D eigenvalue weighted by molar-refractivity contribution is 5.96. The summed E-state index contributed by atoms with van der Waals surface area (Å²) >= 11 is 0. The fourth-order valence-corrected chi connectivity index (χ4v) is 3.19. The van der Waals surface area contributed by atoms with Crippen LogP contribution in [-0.2, 0) is 16.1 Å². The van der Waals surface area contributed by atoms with Crippen LogP contribution < -0.4 is 16.4 Å². The van der Waals surface area contributed by atoms with E-state index in [-0.39, 0.29) is 35.6 Å². The average molecular weight is 357 g/mol. The van der Waals surface area contributed by atoms with E-state index in [1.54, 1.807) is 24.3 Å². The van der Waals surface area contributed by atoms with E-state index < -0.39 is 5.91 Å². The van der Waals surface area contributed by atoms with E-state index in [9.17, 15) is 14.4 Å². The van der Waals surface area contributed by atoms with Gasteiger partial charge >= 0.3 is 0 Å². The van der Waals surface area contributed by atoms with E-state index in [2.05, 4.69) is 30.6 Å². The van der Waals surface area contributed by atoms with Gasteiger partial charge in [-0.15, -0.1) is 0 Å². The van der Waals surface area contributed by atoms with Gasteiger partial charge in [0.1, 0.15) is 0 Å². The summed E-state index contributed by atoms with van der Waals surface area (Å²) in [6.07, 6.45) is 2.17. The molecule has 3 amide bonds. The van der Waals surface area contributed by atoms with E-state index in [0.29, 0.717) is 12.1 Å². The molecule has 0 aromatic heterocycles. The zero-order chi connectivity index (χ0) is 19.5. The first kappa shape index (κ1) is 19.7. The van der Waals surface area contributed by atoms with Crippen LogP contribution >= 0.6 is 0 Å². The van der Waals surface area contributed by atoms with Gasteiger partial charge in [-0.3, -0.25) is 14.4 Å². The molecule has 1 saturated carbocycles. The summed E-state index contributed by atoms with van der Waals surface area (Å²) in [6, 6.07) is 6.88. The Morgan fingerprint density at radius 2 is 1.73 bits per heavy atom. The van der Waals surface area contributed by atoms with Crippen LogP contribution in [0, 0.1) is 17.3 Å². The van der Waals surface area contributed by atoms with E-state index in [4.69, 9.17) is 5.73 Å². The number of primary amides is 1. The number of hydrogen-bond donors (Lipinski definition) is 3. The molecule has 0 bridgehead atoms. The lowest BCUT2D eigenvalue weighted by molar-refractivity contribution is -0.123. The summed E-state index contributed by atoms with van der Waals surface area (Å²) in [6.45, 7) is 8.54. The Labute approximate surface area is 154 Å². The maximum absolute atomic E-state index is 12.5. The second-order valence-corrected chi connectivity index (χ2v) is 7.63. The second kappa shape index (κ2) is 7.72. The van der Waals surface area contributed by atoms with Crippen molar-refractivity contribution in [3.05, 3.63) is 47.0 Å². The number of benzene rings is 1. The Morgan fingerprint density at radius 1 is 1.12 bits per heavy atom. The maximum atomic E-state index is 12.5. The van der Waals surface area contributed by atoms with Crippen molar-refractivity contribution in [3.8, 4) is 0 Å². The van der Waals surface area contributed by atoms with E-state index in [1.807, 2.05) is 13.8 Å². The van der Waals surface area contributed by atoms with Crippen molar-refractivity contribution >= 4 is 17.7 Å². The summed E-state index contributed by atoms with van der Waals surface area (Å²) < 4.78 is 0. The lowest BCUT2D eigenvalue weighted by atomic mass is 10.1. The highest BCUT2D eigenvalue weighted by atomic mass is 16.2. The molecule has 6 nitrogen and oxygen atoms in total. The van der Waals surface area contributed by atoms with Gasteiger partial charge in [-0.25, -0.2) is 0 Å². The van der Waals surface area contributed by atoms with Gasteiger partial charge in [0.2, 0.25) is 11.8 Å². The molecule has 1 aromatic carbocycles. The highest BCUT2D eigenvalue weighted by Gasteiger charge is 2.60. The molecular weight excluding hydrogens is 330 g/mol. The molecule has 140 valence electrons. The van der Waals surface area contributed by atoms with E-state index in [1.165, 1.54) is 5.57 Å². The van der Waals surface area contributed by atoms with Crippen molar-refractivity contribution in [2.45, 2.75) is 34.2 Å². The third-order valence-corrected chi connectivity index (χ3v) is 4.81. The second-order valence-electron chi connectivity index (χ2n) is 7.63. The Balaban J connectivity index is 1.88. The number of rotatable bonds is 7. The molecular formula is C20H27N3O3. The summed E-state index contributed by atoms with van der Waals surface area (Å²) in [5, 5.41) is 5.41. The van der Waals surface area contributed by atoms with Crippen LogP contribution in [0.15, 0.2) is 35.9 Å². The predicted molar refractivity (Wildman–Crippen MR) is 100 cm³/mol. The number of carbonyl (C=O) groups is 3. The van der Waals surface area contributed by atoms with Crippen molar-refractivity contribution in [3.63, 3.8) is 0 Å². The van der Waals surface area contributed by atoms with Gasteiger partial charge in [0.15, 0.2) is 0 Å². The topological polar surface area (TPSA) is 101 Å². The van der Waals surface area contributed by atoms with Crippen LogP contribution in [-0.4, -0.2) is 24.3 Å². The van der Waals surface area contributed by atoms with E-state index in [0.717, 1.165) is 5.56 Å². The van der Waals surface area contributed by atoms with Crippen molar-refractivity contribution in [2.24, 2.45) is 23.0 Å². The number of carbonyl (C=O) groups excluding carboxylic acids is 3. The fraction of sp³-hybridized carbons (Fsp3) is 0.450. The Kier molecular flexibility index (Phi) is 5.85. The van der Waals surface area contributed by atoms with Crippen molar-refractivity contribution in [2.75, 3.05) is 6.54 Å². The molecule has 6 heteroatoms.